The standard InChI is InChI=1S/C23H20FN5O2/c1-23(2)11-14-9-18-22(30)27(5-6-28(18)19(14)12-23)16-8-13(7-15(24)10-16)17-3-4-25-21-20(17)29(21)26-31/h3-4,7-10H,5-6,11-12H2,1-2H3. The molecule has 31 heavy (non-hydrogen) atoms. The van der Waals surface area contributed by atoms with Crippen molar-refractivity contribution in [3.8, 4) is 11.1 Å². The fourth-order valence-electron chi connectivity index (χ4n) is 5.11. The Morgan fingerprint density at radius 1 is 1.13 bits per heavy atom. The number of nitrogens with zero attached hydrogens (tertiary/aromatic N) is 5. The average Bonchev–Trinajstić information content (AvgIpc) is 3.24. The molecule has 0 unspecified atom stereocenters. The lowest BCUT2D eigenvalue weighted by atomic mass is 9.90. The van der Waals surface area contributed by atoms with Gasteiger partial charge in [-0.25, -0.2) is 9.37 Å². The molecule has 0 bridgehead atoms. The molecule has 0 spiro atoms. The fourth-order valence-corrected chi connectivity index (χ4v) is 5.11. The lowest BCUT2D eigenvalue weighted by molar-refractivity contribution is 0.0964. The number of benzene rings is 1. The van der Waals surface area contributed by atoms with Gasteiger partial charge in [-0.15, -0.1) is 4.91 Å². The predicted octanol–water partition coefficient (Wildman–Crippen LogP) is 4.61. The van der Waals surface area contributed by atoms with Crippen molar-refractivity contribution in [3.63, 3.8) is 0 Å². The number of rotatable bonds is 3. The summed E-state index contributed by atoms with van der Waals surface area (Å²) in [5.74, 6) is -0.0818. The van der Waals surface area contributed by atoms with Crippen molar-refractivity contribution in [3.05, 3.63) is 64.2 Å². The molecule has 6 rings (SSSR count). The van der Waals surface area contributed by atoms with Gasteiger partial charge in [0.05, 0.1) is 5.29 Å². The van der Waals surface area contributed by atoms with Crippen LogP contribution in [0, 0.1) is 16.1 Å². The second-order valence-electron chi connectivity index (χ2n) is 9.25. The zero-order valence-corrected chi connectivity index (χ0v) is 17.2. The monoisotopic (exact) mass is 417 g/mol. The van der Waals surface area contributed by atoms with Gasteiger partial charge in [-0.1, -0.05) is 13.8 Å². The molecule has 0 saturated heterocycles. The minimum Gasteiger partial charge on any atom is -0.339 e. The van der Waals surface area contributed by atoms with Crippen LogP contribution in [0.2, 0.25) is 0 Å². The highest BCUT2D eigenvalue weighted by Crippen LogP contribution is 2.52. The van der Waals surface area contributed by atoms with E-state index in [1.165, 1.54) is 28.4 Å². The first-order valence-corrected chi connectivity index (χ1v) is 10.3. The van der Waals surface area contributed by atoms with Gasteiger partial charge in [-0.3, -0.25) is 4.79 Å². The van der Waals surface area contributed by atoms with Gasteiger partial charge in [-0.05, 0) is 59.7 Å². The van der Waals surface area contributed by atoms with Gasteiger partial charge in [0.25, 0.3) is 5.91 Å². The normalized spacial score (nSPS) is 18.0. The Balaban J connectivity index is 1.37. The number of anilines is 3. The fraction of sp³-hybridized carbons (Fsp3) is 0.304. The molecule has 3 aliphatic rings. The molecule has 156 valence electrons. The smallest absolute Gasteiger partial charge is 0.274 e. The van der Waals surface area contributed by atoms with Gasteiger partial charge < -0.3 is 9.47 Å². The molecule has 0 atom stereocenters. The second-order valence-corrected chi connectivity index (χ2v) is 9.25. The molecule has 2 aliphatic heterocycles. The quantitative estimate of drug-likeness (QED) is 0.461. The van der Waals surface area contributed by atoms with E-state index in [4.69, 9.17) is 0 Å². The number of hydrogen-bond acceptors (Lipinski definition) is 4. The van der Waals surface area contributed by atoms with Crippen molar-refractivity contribution in [2.24, 2.45) is 10.7 Å². The Hall–Kier alpha value is -3.55. The van der Waals surface area contributed by atoms with Crippen LogP contribution in [0.3, 0.4) is 0 Å². The van der Waals surface area contributed by atoms with Crippen LogP contribution in [0.25, 0.3) is 11.1 Å². The zero-order chi connectivity index (χ0) is 21.5. The summed E-state index contributed by atoms with van der Waals surface area (Å²) in [6, 6.07) is 8.29. The number of fused-ring (bicyclic) bond motifs is 4. The summed E-state index contributed by atoms with van der Waals surface area (Å²) in [4.78, 5) is 30.0. The lowest BCUT2D eigenvalue weighted by Gasteiger charge is -2.30. The summed E-state index contributed by atoms with van der Waals surface area (Å²) in [6.45, 7) is 5.66. The lowest BCUT2D eigenvalue weighted by Crippen LogP contribution is -2.40. The van der Waals surface area contributed by atoms with Crippen LogP contribution in [0.1, 0.15) is 35.6 Å². The van der Waals surface area contributed by atoms with Crippen molar-refractivity contribution >= 4 is 23.1 Å². The third-order valence-corrected chi connectivity index (χ3v) is 6.48. The van der Waals surface area contributed by atoms with Crippen LogP contribution in [-0.4, -0.2) is 22.0 Å². The maximum atomic E-state index is 14.6. The number of amides is 1. The zero-order valence-electron chi connectivity index (χ0n) is 17.2. The molecule has 3 aromatic rings. The minimum atomic E-state index is -0.442. The van der Waals surface area contributed by atoms with Crippen molar-refractivity contribution in [2.75, 3.05) is 16.5 Å². The van der Waals surface area contributed by atoms with Crippen LogP contribution in [-0.2, 0) is 19.4 Å². The molecular formula is C23H20FN5O2. The average molecular weight is 417 g/mol. The van der Waals surface area contributed by atoms with E-state index in [9.17, 15) is 14.1 Å². The summed E-state index contributed by atoms with van der Waals surface area (Å²) >= 11 is 0. The highest BCUT2D eigenvalue weighted by molar-refractivity contribution is 6.07. The SMILES string of the molecule is CC1(C)Cc2cc3n(c2C1)CCN(c1cc(F)cc(-c2ccnc4c2N4N=O)c1)C3=O. The topological polar surface area (TPSA) is 70.6 Å². The van der Waals surface area contributed by atoms with Crippen molar-refractivity contribution < 1.29 is 9.18 Å². The molecule has 0 N–H and O–H groups in total. The summed E-state index contributed by atoms with van der Waals surface area (Å²) < 4.78 is 16.7. The van der Waals surface area contributed by atoms with E-state index in [1.807, 2.05) is 6.07 Å². The van der Waals surface area contributed by atoms with E-state index in [0.29, 0.717) is 47.1 Å². The molecule has 1 aromatic carbocycles. The molecule has 0 radical (unpaired) electrons. The number of carbonyl (C=O) groups excluding carboxylic acids is 1. The highest BCUT2D eigenvalue weighted by atomic mass is 19.1. The summed E-state index contributed by atoms with van der Waals surface area (Å²) in [7, 11) is 0. The van der Waals surface area contributed by atoms with Crippen LogP contribution in [0.4, 0.5) is 21.6 Å². The van der Waals surface area contributed by atoms with E-state index >= 15 is 0 Å². The Kier molecular flexibility index (Phi) is 3.53. The number of carbonyl (C=O) groups is 1. The second kappa shape index (κ2) is 6.00. The van der Waals surface area contributed by atoms with Crippen molar-refractivity contribution in [1.29, 1.82) is 0 Å². The number of hydrogen-bond donors (Lipinski definition) is 0. The maximum absolute atomic E-state index is 14.6. The summed E-state index contributed by atoms with van der Waals surface area (Å²) in [5.41, 5.74) is 5.73. The Morgan fingerprint density at radius 2 is 1.97 bits per heavy atom. The van der Waals surface area contributed by atoms with E-state index in [-0.39, 0.29) is 11.3 Å². The predicted molar refractivity (Wildman–Crippen MR) is 115 cm³/mol. The molecule has 1 aliphatic carbocycles. The molecule has 1 amide bonds. The minimum absolute atomic E-state index is 0.114. The molecule has 0 saturated carbocycles. The number of aromatic nitrogens is 2. The van der Waals surface area contributed by atoms with Crippen molar-refractivity contribution in [2.45, 2.75) is 33.2 Å². The van der Waals surface area contributed by atoms with Crippen LogP contribution < -0.4 is 9.91 Å². The summed E-state index contributed by atoms with van der Waals surface area (Å²) in [5, 5.41) is 4.10. The van der Waals surface area contributed by atoms with Gasteiger partial charge in [-0.2, -0.15) is 5.01 Å². The highest BCUT2D eigenvalue weighted by Gasteiger charge is 2.38. The van der Waals surface area contributed by atoms with Crippen LogP contribution >= 0.6 is 0 Å². The number of nitroso groups, excluding NO2 is 1. The van der Waals surface area contributed by atoms with Gasteiger partial charge >= 0.3 is 0 Å². The molecule has 4 heterocycles. The molecule has 8 heteroatoms. The first-order valence-electron chi connectivity index (χ1n) is 10.3. The molecule has 7 nitrogen and oxygen atoms in total. The first-order chi connectivity index (χ1) is 14.9. The Labute approximate surface area is 178 Å². The van der Waals surface area contributed by atoms with Gasteiger partial charge in [0.1, 0.15) is 17.2 Å². The van der Waals surface area contributed by atoms with E-state index in [2.05, 4.69) is 28.7 Å². The van der Waals surface area contributed by atoms with E-state index < -0.39 is 5.82 Å². The van der Waals surface area contributed by atoms with E-state index in [0.717, 1.165) is 12.8 Å². The van der Waals surface area contributed by atoms with Crippen LogP contribution in [0.15, 0.2) is 41.8 Å². The third kappa shape index (κ3) is 2.64. The van der Waals surface area contributed by atoms with Crippen molar-refractivity contribution in [1.82, 2.24) is 9.55 Å². The largest absolute Gasteiger partial charge is 0.339 e. The van der Waals surface area contributed by atoms with Crippen LogP contribution in [0.5, 0.6) is 0 Å². The third-order valence-electron chi connectivity index (χ3n) is 6.48. The van der Waals surface area contributed by atoms with Gasteiger partial charge in [0.15, 0.2) is 5.82 Å². The summed E-state index contributed by atoms with van der Waals surface area (Å²) in [6.07, 6.45) is 3.49. The maximum Gasteiger partial charge on any atom is 0.274 e. The van der Waals surface area contributed by atoms with E-state index in [1.54, 1.807) is 23.2 Å². The Morgan fingerprint density at radius 3 is 2.77 bits per heavy atom. The first kappa shape index (κ1) is 18.2. The van der Waals surface area contributed by atoms with Gasteiger partial charge in [0.2, 0.25) is 0 Å². The molecule has 0 fully saturated rings. The molecular weight excluding hydrogens is 397 g/mol. The number of halogens is 1. The van der Waals surface area contributed by atoms with Gasteiger partial charge in [0, 0.05) is 36.2 Å². The Bertz CT molecular complexity index is 1300. The number of pyridine rings is 1. The molecule has 2 aromatic heterocycles.